The zero-order valence-corrected chi connectivity index (χ0v) is 12.6. The summed E-state index contributed by atoms with van der Waals surface area (Å²) < 4.78 is 12.3. The van der Waals surface area contributed by atoms with Crippen molar-refractivity contribution in [1.29, 1.82) is 0 Å². The van der Waals surface area contributed by atoms with Crippen molar-refractivity contribution in [2.24, 2.45) is 0 Å². The van der Waals surface area contributed by atoms with E-state index in [0.29, 0.717) is 25.0 Å². The van der Waals surface area contributed by atoms with E-state index in [-0.39, 0.29) is 0 Å². The highest BCUT2D eigenvalue weighted by atomic mass is 32.1. The van der Waals surface area contributed by atoms with Crippen LogP contribution in [0.4, 0.5) is 5.95 Å². The molecule has 22 heavy (non-hydrogen) atoms. The maximum absolute atomic E-state index is 5.86. The molecule has 4 rings (SSSR count). The van der Waals surface area contributed by atoms with Gasteiger partial charge in [0, 0.05) is 31.4 Å². The van der Waals surface area contributed by atoms with Crippen molar-refractivity contribution in [3.63, 3.8) is 0 Å². The molecule has 1 fully saturated rings. The van der Waals surface area contributed by atoms with Crippen molar-refractivity contribution in [3.05, 3.63) is 36.0 Å². The second-order valence-electron chi connectivity index (χ2n) is 4.88. The highest BCUT2D eigenvalue weighted by Gasteiger charge is 2.14. The minimum absolute atomic E-state index is 0.542. The number of thiazole rings is 1. The third-order valence-electron chi connectivity index (χ3n) is 3.44. The van der Waals surface area contributed by atoms with Crippen LogP contribution in [0.2, 0.25) is 0 Å². The van der Waals surface area contributed by atoms with Crippen LogP contribution in [0.25, 0.3) is 10.2 Å². The Morgan fingerprint density at radius 2 is 2.05 bits per heavy atom. The van der Waals surface area contributed by atoms with Crippen LogP contribution in [-0.4, -0.2) is 41.3 Å². The zero-order chi connectivity index (χ0) is 14.8. The molecule has 0 spiro atoms. The summed E-state index contributed by atoms with van der Waals surface area (Å²) in [6, 6.07) is 7.59. The molecule has 1 aliphatic rings. The van der Waals surface area contributed by atoms with Crippen LogP contribution in [-0.2, 0) is 4.74 Å². The van der Waals surface area contributed by atoms with Crippen molar-refractivity contribution in [2.75, 3.05) is 31.2 Å². The van der Waals surface area contributed by atoms with Crippen LogP contribution in [0.3, 0.4) is 0 Å². The summed E-state index contributed by atoms with van der Waals surface area (Å²) in [7, 11) is 0. The molecule has 0 atom stereocenters. The third-order valence-corrected chi connectivity index (χ3v) is 4.23. The number of hydrogen-bond acceptors (Lipinski definition) is 7. The molecule has 112 valence electrons. The first-order valence-electron chi connectivity index (χ1n) is 7.05. The average molecular weight is 314 g/mol. The van der Waals surface area contributed by atoms with E-state index in [2.05, 4.69) is 19.9 Å². The smallest absolute Gasteiger partial charge is 0.228 e. The number of morpholine rings is 1. The molecule has 0 radical (unpaired) electrons. The van der Waals surface area contributed by atoms with Crippen LogP contribution in [0.15, 0.2) is 36.0 Å². The third kappa shape index (κ3) is 2.72. The van der Waals surface area contributed by atoms with Crippen molar-refractivity contribution < 1.29 is 9.47 Å². The number of fused-ring (bicyclic) bond motifs is 1. The summed E-state index contributed by atoms with van der Waals surface area (Å²) in [6.45, 7) is 3.01. The molecule has 0 bridgehead atoms. The molecule has 1 saturated heterocycles. The number of hydrogen-bond donors (Lipinski definition) is 0. The summed E-state index contributed by atoms with van der Waals surface area (Å²) in [5.41, 5.74) is 2.81. The van der Waals surface area contributed by atoms with E-state index in [4.69, 9.17) is 9.47 Å². The highest BCUT2D eigenvalue weighted by molar-refractivity contribution is 7.16. The molecule has 6 nitrogen and oxygen atoms in total. The summed E-state index contributed by atoms with van der Waals surface area (Å²) in [4.78, 5) is 15.2. The molecule has 3 aromatic rings. The van der Waals surface area contributed by atoms with E-state index in [1.807, 2.05) is 23.7 Å². The molecule has 1 aromatic carbocycles. The van der Waals surface area contributed by atoms with E-state index < -0.39 is 0 Å². The number of nitrogens with zero attached hydrogens (tertiary/aromatic N) is 4. The summed E-state index contributed by atoms with van der Waals surface area (Å²) in [5.74, 6) is 1.98. The van der Waals surface area contributed by atoms with Crippen molar-refractivity contribution >= 4 is 27.5 Å². The van der Waals surface area contributed by atoms with E-state index in [1.165, 1.54) is 0 Å². The molecule has 2 aromatic heterocycles. The lowest BCUT2D eigenvalue weighted by Gasteiger charge is -2.26. The predicted octanol–water partition coefficient (Wildman–Crippen LogP) is 2.72. The maximum Gasteiger partial charge on any atom is 0.228 e. The van der Waals surface area contributed by atoms with Crippen LogP contribution in [0.1, 0.15) is 0 Å². The maximum atomic E-state index is 5.86. The second-order valence-corrected chi connectivity index (χ2v) is 5.76. The Balaban J connectivity index is 1.56. The Kier molecular flexibility index (Phi) is 3.57. The van der Waals surface area contributed by atoms with Gasteiger partial charge in [0.15, 0.2) is 0 Å². The number of anilines is 1. The monoisotopic (exact) mass is 314 g/mol. The fourth-order valence-corrected chi connectivity index (χ4v) is 3.03. The fourth-order valence-electron chi connectivity index (χ4n) is 2.32. The zero-order valence-electron chi connectivity index (χ0n) is 11.8. The normalized spacial score (nSPS) is 15.2. The van der Waals surface area contributed by atoms with Gasteiger partial charge in [-0.3, -0.25) is 0 Å². The first-order chi connectivity index (χ1) is 10.9. The molecule has 0 amide bonds. The number of rotatable bonds is 3. The Morgan fingerprint density at radius 3 is 2.95 bits per heavy atom. The SMILES string of the molecule is c1cc(Oc2ccc3ncsc3c2)nc(N2CCOCC2)n1. The largest absolute Gasteiger partial charge is 0.439 e. The number of ether oxygens (including phenoxy) is 2. The Hall–Kier alpha value is -2.25. The molecule has 1 aliphatic heterocycles. The first-order valence-corrected chi connectivity index (χ1v) is 7.93. The molecule has 7 heteroatoms. The van der Waals surface area contributed by atoms with Gasteiger partial charge in [-0.2, -0.15) is 4.98 Å². The Bertz CT molecular complexity index is 786. The van der Waals surface area contributed by atoms with Gasteiger partial charge in [-0.05, 0) is 12.1 Å². The molecule has 3 heterocycles. The Labute approximate surface area is 131 Å². The van der Waals surface area contributed by atoms with Gasteiger partial charge in [0.1, 0.15) is 5.75 Å². The van der Waals surface area contributed by atoms with Gasteiger partial charge >= 0.3 is 0 Å². The van der Waals surface area contributed by atoms with Crippen LogP contribution in [0.5, 0.6) is 11.6 Å². The minimum atomic E-state index is 0.542. The van der Waals surface area contributed by atoms with E-state index >= 15 is 0 Å². The van der Waals surface area contributed by atoms with Crippen molar-refractivity contribution in [1.82, 2.24) is 15.0 Å². The average Bonchev–Trinajstić information content (AvgIpc) is 3.04. The predicted molar refractivity (Wildman–Crippen MR) is 84.8 cm³/mol. The lowest BCUT2D eigenvalue weighted by Crippen LogP contribution is -2.37. The summed E-state index contributed by atoms with van der Waals surface area (Å²) in [5, 5.41) is 0. The topological polar surface area (TPSA) is 60.4 Å². The van der Waals surface area contributed by atoms with Gasteiger partial charge in [0.2, 0.25) is 11.8 Å². The van der Waals surface area contributed by atoms with Gasteiger partial charge in [0.25, 0.3) is 0 Å². The van der Waals surface area contributed by atoms with Gasteiger partial charge in [-0.25, -0.2) is 9.97 Å². The minimum Gasteiger partial charge on any atom is -0.439 e. The lowest BCUT2D eigenvalue weighted by atomic mass is 10.3. The molecule has 0 unspecified atom stereocenters. The number of aromatic nitrogens is 3. The number of benzene rings is 1. The van der Waals surface area contributed by atoms with Crippen molar-refractivity contribution in [3.8, 4) is 11.6 Å². The molecule has 0 N–H and O–H groups in total. The first kappa shape index (κ1) is 13.4. The van der Waals surface area contributed by atoms with Gasteiger partial charge < -0.3 is 14.4 Å². The van der Waals surface area contributed by atoms with E-state index in [0.717, 1.165) is 29.1 Å². The second kappa shape index (κ2) is 5.86. The molecule has 0 saturated carbocycles. The van der Waals surface area contributed by atoms with Gasteiger partial charge in [0.05, 0.1) is 28.9 Å². The van der Waals surface area contributed by atoms with Crippen LogP contribution in [0, 0.1) is 0 Å². The Morgan fingerprint density at radius 1 is 1.14 bits per heavy atom. The quantitative estimate of drug-likeness (QED) is 0.741. The summed E-state index contributed by atoms with van der Waals surface area (Å²) in [6.07, 6.45) is 1.72. The van der Waals surface area contributed by atoms with E-state index in [9.17, 15) is 0 Å². The standard InChI is InChI=1S/C15H14N4O2S/c1-2-12-13(22-10-17-12)9-11(1)21-14-3-4-16-15(18-14)19-5-7-20-8-6-19/h1-4,9-10H,5-8H2. The van der Waals surface area contributed by atoms with Gasteiger partial charge in [-0.1, -0.05) is 0 Å². The fraction of sp³-hybridized carbons (Fsp3) is 0.267. The van der Waals surface area contributed by atoms with Crippen LogP contribution >= 0.6 is 11.3 Å². The van der Waals surface area contributed by atoms with Crippen molar-refractivity contribution in [2.45, 2.75) is 0 Å². The summed E-state index contributed by atoms with van der Waals surface area (Å²) >= 11 is 1.59. The van der Waals surface area contributed by atoms with E-state index in [1.54, 1.807) is 23.6 Å². The highest BCUT2D eigenvalue weighted by Crippen LogP contribution is 2.27. The van der Waals surface area contributed by atoms with Gasteiger partial charge in [-0.15, -0.1) is 11.3 Å². The van der Waals surface area contributed by atoms with Crippen LogP contribution < -0.4 is 9.64 Å². The molecular formula is C15H14N4O2S. The lowest BCUT2D eigenvalue weighted by molar-refractivity contribution is 0.122. The molecule has 0 aliphatic carbocycles. The molecular weight excluding hydrogens is 300 g/mol.